The molecule has 66 valence electrons. The normalized spacial score (nSPS) is 21.0. The Labute approximate surface area is 68.7 Å². The molecule has 0 spiro atoms. The van der Waals surface area contributed by atoms with Crippen LogP contribution in [0, 0.1) is 0 Å². The van der Waals surface area contributed by atoms with Crippen molar-refractivity contribution < 1.29 is 4.74 Å². The Hall–Kier alpha value is -0.120. The molecule has 0 saturated carbocycles. The molecule has 1 aliphatic rings. The predicted molar refractivity (Wildman–Crippen MR) is 45.5 cm³/mol. The molecule has 0 aromatic heterocycles. The lowest BCUT2D eigenvalue weighted by molar-refractivity contribution is 0.0331. The number of nitrogens with zero attached hydrogens (tertiary/aromatic N) is 1. The highest BCUT2D eigenvalue weighted by atomic mass is 16.5. The molecule has 0 bridgehead atoms. The summed E-state index contributed by atoms with van der Waals surface area (Å²) in [6, 6.07) is 0.581. The van der Waals surface area contributed by atoms with Gasteiger partial charge in [-0.3, -0.25) is 4.90 Å². The Kier molecular flexibility index (Phi) is 3.83. The second-order valence-corrected chi connectivity index (χ2v) is 3.25. The smallest absolute Gasteiger partial charge is 0.0594 e. The molecule has 11 heavy (non-hydrogen) atoms. The number of hydrogen-bond donors (Lipinski definition) is 1. The van der Waals surface area contributed by atoms with Gasteiger partial charge in [0.15, 0.2) is 0 Å². The van der Waals surface area contributed by atoms with Gasteiger partial charge in [0, 0.05) is 25.8 Å². The van der Waals surface area contributed by atoms with Crippen LogP contribution in [0.5, 0.6) is 0 Å². The zero-order valence-electron chi connectivity index (χ0n) is 7.47. The molecule has 1 rings (SSSR count). The van der Waals surface area contributed by atoms with Gasteiger partial charge in [-0.1, -0.05) is 0 Å². The molecule has 0 aromatic carbocycles. The van der Waals surface area contributed by atoms with Crippen molar-refractivity contribution in [1.29, 1.82) is 0 Å². The Bertz CT molecular complexity index is 100. The topological polar surface area (TPSA) is 24.5 Å². The van der Waals surface area contributed by atoms with Crippen LogP contribution in [0.4, 0.5) is 0 Å². The van der Waals surface area contributed by atoms with E-state index in [1.165, 1.54) is 0 Å². The van der Waals surface area contributed by atoms with E-state index in [2.05, 4.69) is 24.1 Å². The Morgan fingerprint density at radius 3 is 2.55 bits per heavy atom. The molecule has 1 aliphatic heterocycles. The van der Waals surface area contributed by atoms with Gasteiger partial charge in [-0.2, -0.15) is 0 Å². The number of hydrogen-bond acceptors (Lipinski definition) is 3. The van der Waals surface area contributed by atoms with E-state index in [0.29, 0.717) is 6.04 Å². The van der Waals surface area contributed by atoms with Crippen molar-refractivity contribution in [2.24, 2.45) is 0 Å². The summed E-state index contributed by atoms with van der Waals surface area (Å²) in [5.74, 6) is 0. The van der Waals surface area contributed by atoms with E-state index < -0.39 is 0 Å². The van der Waals surface area contributed by atoms with E-state index >= 15 is 0 Å². The largest absolute Gasteiger partial charge is 0.379 e. The molecule has 3 nitrogen and oxygen atoms in total. The quantitative estimate of drug-likeness (QED) is 0.638. The fraction of sp³-hybridized carbons (Fsp3) is 1.00. The molecule has 1 N–H and O–H groups in total. The molecule has 1 fully saturated rings. The summed E-state index contributed by atoms with van der Waals surface area (Å²) >= 11 is 0. The van der Waals surface area contributed by atoms with Gasteiger partial charge >= 0.3 is 0 Å². The van der Waals surface area contributed by atoms with E-state index in [1.807, 2.05) is 0 Å². The third-order valence-corrected chi connectivity index (χ3v) is 1.83. The maximum atomic E-state index is 5.24. The van der Waals surface area contributed by atoms with Crippen molar-refractivity contribution in [2.45, 2.75) is 19.9 Å². The molecule has 3 heteroatoms. The fourth-order valence-electron chi connectivity index (χ4n) is 1.07. The standard InChI is InChI=1S/C8H18N2O/c1-8(2)9-7-10-3-5-11-6-4-10/h8-9H,3-7H2,1-2H3. The van der Waals surface area contributed by atoms with Crippen LogP contribution < -0.4 is 5.32 Å². The zero-order valence-corrected chi connectivity index (χ0v) is 7.47. The van der Waals surface area contributed by atoms with E-state index in [1.54, 1.807) is 0 Å². The third-order valence-electron chi connectivity index (χ3n) is 1.83. The lowest BCUT2D eigenvalue weighted by Crippen LogP contribution is -2.43. The van der Waals surface area contributed by atoms with Gasteiger partial charge in [0.05, 0.1) is 13.2 Å². The Balaban J connectivity index is 2.05. The van der Waals surface area contributed by atoms with Gasteiger partial charge < -0.3 is 10.1 Å². The minimum Gasteiger partial charge on any atom is -0.379 e. The molecular weight excluding hydrogens is 140 g/mol. The van der Waals surface area contributed by atoms with Crippen LogP contribution in [-0.4, -0.2) is 43.9 Å². The first-order valence-electron chi connectivity index (χ1n) is 4.32. The molecule has 0 atom stereocenters. The average Bonchev–Trinajstić information content (AvgIpc) is 2.03. The number of rotatable bonds is 3. The van der Waals surface area contributed by atoms with Crippen molar-refractivity contribution in [3.05, 3.63) is 0 Å². The summed E-state index contributed by atoms with van der Waals surface area (Å²) in [4.78, 5) is 2.38. The Morgan fingerprint density at radius 1 is 1.36 bits per heavy atom. The van der Waals surface area contributed by atoms with Crippen LogP contribution in [-0.2, 0) is 4.74 Å². The van der Waals surface area contributed by atoms with Crippen LogP contribution in [0.3, 0.4) is 0 Å². The molecule has 0 unspecified atom stereocenters. The summed E-state index contributed by atoms with van der Waals surface area (Å²) in [7, 11) is 0. The molecule has 0 amide bonds. The highest BCUT2D eigenvalue weighted by Crippen LogP contribution is 1.94. The lowest BCUT2D eigenvalue weighted by atomic mass is 10.4. The van der Waals surface area contributed by atoms with E-state index in [4.69, 9.17) is 4.74 Å². The summed E-state index contributed by atoms with van der Waals surface area (Å²) in [5.41, 5.74) is 0. The zero-order chi connectivity index (χ0) is 8.10. The van der Waals surface area contributed by atoms with Gasteiger partial charge in [-0.05, 0) is 13.8 Å². The van der Waals surface area contributed by atoms with Crippen molar-refractivity contribution >= 4 is 0 Å². The molecule has 1 heterocycles. The first-order valence-corrected chi connectivity index (χ1v) is 4.32. The van der Waals surface area contributed by atoms with E-state index in [9.17, 15) is 0 Å². The van der Waals surface area contributed by atoms with Gasteiger partial charge in [-0.25, -0.2) is 0 Å². The third kappa shape index (κ3) is 3.70. The van der Waals surface area contributed by atoms with Crippen LogP contribution in [0.1, 0.15) is 13.8 Å². The molecule has 0 radical (unpaired) electrons. The van der Waals surface area contributed by atoms with Crippen molar-refractivity contribution in [3.63, 3.8) is 0 Å². The first kappa shape index (κ1) is 8.97. The molecule has 0 aliphatic carbocycles. The van der Waals surface area contributed by atoms with Crippen molar-refractivity contribution in [3.8, 4) is 0 Å². The van der Waals surface area contributed by atoms with Crippen molar-refractivity contribution in [1.82, 2.24) is 10.2 Å². The van der Waals surface area contributed by atoms with E-state index in [0.717, 1.165) is 33.0 Å². The van der Waals surface area contributed by atoms with Gasteiger partial charge in [0.2, 0.25) is 0 Å². The summed E-state index contributed by atoms with van der Waals surface area (Å²) in [6.45, 7) is 9.25. The fourth-order valence-corrected chi connectivity index (χ4v) is 1.07. The second kappa shape index (κ2) is 4.70. The highest BCUT2D eigenvalue weighted by molar-refractivity contribution is 4.61. The van der Waals surface area contributed by atoms with Crippen LogP contribution in [0.25, 0.3) is 0 Å². The molecule has 0 aromatic rings. The molecular formula is C8H18N2O. The number of nitrogens with one attached hydrogen (secondary N) is 1. The van der Waals surface area contributed by atoms with Crippen LogP contribution in [0.2, 0.25) is 0 Å². The molecule has 1 saturated heterocycles. The monoisotopic (exact) mass is 158 g/mol. The summed E-state index contributed by atoms with van der Waals surface area (Å²) in [6.07, 6.45) is 0. The summed E-state index contributed by atoms with van der Waals surface area (Å²) in [5, 5.41) is 3.39. The maximum Gasteiger partial charge on any atom is 0.0594 e. The maximum absolute atomic E-state index is 5.24. The second-order valence-electron chi connectivity index (χ2n) is 3.25. The minimum absolute atomic E-state index is 0.581. The van der Waals surface area contributed by atoms with Crippen molar-refractivity contribution in [2.75, 3.05) is 33.0 Å². The Morgan fingerprint density at radius 2 is 2.00 bits per heavy atom. The highest BCUT2D eigenvalue weighted by Gasteiger charge is 2.08. The van der Waals surface area contributed by atoms with Gasteiger partial charge in [0.1, 0.15) is 0 Å². The van der Waals surface area contributed by atoms with Crippen LogP contribution in [0.15, 0.2) is 0 Å². The predicted octanol–water partition coefficient (Wildman–Crippen LogP) is 0.274. The van der Waals surface area contributed by atoms with Gasteiger partial charge in [0.25, 0.3) is 0 Å². The average molecular weight is 158 g/mol. The van der Waals surface area contributed by atoms with Gasteiger partial charge in [-0.15, -0.1) is 0 Å². The minimum atomic E-state index is 0.581. The van der Waals surface area contributed by atoms with Crippen LogP contribution >= 0.6 is 0 Å². The number of morpholine rings is 1. The number of ether oxygens (including phenoxy) is 1. The van der Waals surface area contributed by atoms with E-state index in [-0.39, 0.29) is 0 Å². The lowest BCUT2D eigenvalue weighted by Gasteiger charge is -2.27. The SMILES string of the molecule is CC(C)NCN1CCOCC1. The summed E-state index contributed by atoms with van der Waals surface area (Å²) < 4.78 is 5.24. The first-order chi connectivity index (χ1) is 5.29.